The number of ether oxygens (including phenoxy) is 1. The molecule has 3 rings (SSSR count). The van der Waals surface area contributed by atoms with E-state index in [1.54, 1.807) is 0 Å². The molecule has 1 fully saturated rings. The van der Waals surface area contributed by atoms with Crippen molar-refractivity contribution in [2.24, 2.45) is 0 Å². The van der Waals surface area contributed by atoms with Crippen molar-refractivity contribution in [3.05, 3.63) is 16.7 Å². The van der Waals surface area contributed by atoms with Gasteiger partial charge in [0, 0.05) is 0 Å². The van der Waals surface area contributed by atoms with E-state index in [2.05, 4.69) is 23.8 Å². The zero-order chi connectivity index (χ0) is 20.9. The first-order chi connectivity index (χ1) is 12.9. The molecule has 15 nitrogen and oxygen atoms in total. The number of hydrogen-bond donors (Lipinski definition) is 6. The Kier molecular flexibility index (Phi) is 5.53. The number of hydrogen-bond acceptors (Lipinski definition) is 11. The Morgan fingerprint density at radius 1 is 1.36 bits per heavy atom. The van der Waals surface area contributed by atoms with Crippen LogP contribution < -0.4 is 11.3 Å². The number of aliphatic hydroxyl groups is 2. The van der Waals surface area contributed by atoms with Crippen LogP contribution in [-0.4, -0.2) is 72.0 Å². The molecule has 0 saturated carbocycles. The van der Waals surface area contributed by atoms with Crippen molar-refractivity contribution in [1.82, 2.24) is 19.5 Å². The van der Waals surface area contributed by atoms with Gasteiger partial charge in [-0.25, -0.2) is 13.9 Å². The van der Waals surface area contributed by atoms with Crippen molar-refractivity contribution >= 4 is 40.0 Å². The largest absolute Gasteiger partial charge is 0.476 e. The maximum absolute atomic E-state index is 11.8. The highest BCUT2D eigenvalue weighted by molar-refractivity contribution is 7.83. The number of rotatable bonds is 6. The lowest BCUT2D eigenvalue weighted by Crippen LogP contribution is -2.33. The summed E-state index contributed by atoms with van der Waals surface area (Å²) < 4.78 is 37.4. The Bertz CT molecular complexity index is 1040. The van der Waals surface area contributed by atoms with Gasteiger partial charge < -0.3 is 35.0 Å². The lowest BCUT2D eigenvalue weighted by Gasteiger charge is -2.19. The predicted octanol–water partition coefficient (Wildman–Crippen LogP) is -2.28. The van der Waals surface area contributed by atoms with Gasteiger partial charge in [0.2, 0.25) is 13.5 Å². The molecule has 18 heteroatoms. The molecule has 0 aromatic carbocycles. The maximum Gasteiger partial charge on any atom is 0.476 e. The highest BCUT2D eigenvalue weighted by Crippen LogP contribution is 2.57. The van der Waals surface area contributed by atoms with Crippen molar-refractivity contribution in [2.75, 3.05) is 12.3 Å². The van der Waals surface area contributed by atoms with Gasteiger partial charge in [0.25, 0.3) is 13.0 Å². The molecule has 0 unspecified atom stereocenters. The van der Waals surface area contributed by atoms with Crippen molar-refractivity contribution in [3.63, 3.8) is 0 Å². The summed E-state index contributed by atoms with van der Waals surface area (Å²) in [5, 5.41) is 20.3. The van der Waals surface area contributed by atoms with Gasteiger partial charge in [0.05, 0.1) is 12.9 Å². The topological polar surface area (TPSA) is 232 Å². The van der Waals surface area contributed by atoms with Crippen molar-refractivity contribution in [2.45, 2.75) is 24.5 Å². The van der Waals surface area contributed by atoms with Gasteiger partial charge in [-0.05, 0) is 0 Å². The van der Waals surface area contributed by atoms with E-state index in [9.17, 15) is 24.1 Å². The summed E-state index contributed by atoms with van der Waals surface area (Å²) >= 11 is 0. The van der Waals surface area contributed by atoms with Crippen molar-refractivity contribution in [1.29, 1.82) is 0 Å². The molecule has 28 heavy (non-hydrogen) atoms. The maximum atomic E-state index is 11.8. The van der Waals surface area contributed by atoms with Gasteiger partial charge in [-0.3, -0.25) is 18.9 Å². The van der Waals surface area contributed by atoms with Crippen LogP contribution in [-0.2, 0) is 22.7 Å². The monoisotopic (exact) mass is 437 g/mol. The molecule has 5 atom stereocenters. The highest BCUT2D eigenvalue weighted by Gasteiger charge is 2.45. The van der Waals surface area contributed by atoms with E-state index in [-0.39, 0.29) is 17.1 Å². The summed E-state index contributed by atoms with van der Waals surface area (Å²) in [4.78, 5) is 39.1. The lowest BCUT2D eigenvalue weighted by molar-refractivity contribution is -0.0479. The summed E-state index contributed by atoms with van der Waals surface area (Å²) in [5.74, 6) is -0.217. The number of aromatic amines is 1. The number of anilines is 1. The van der Waals surface area contributed by atoms with Gasteiger partial charge in [-0.15, -0.1) is 0 Å². The molecule has 2 aromatic rings. The fourth-order valence-electron chi connectivity index (χ4n) is 2.58. The number of nitrogens with zero attached hydrogens (tertiary/aromatic N) is 3. The first kappa shape index (κ1) is 21.1. The third-order valence-corrected chi connectivity index (χ3v) is 5.97. The summed E-state index contributed by atoms with van der Waals surface area (Å²) in [6.45, 7) is -0.745. The van der Waals surface area contributed by atoms with Crippen LogP contribution in [0.15, 0.2) is 11.1 Å². The molecule has 152 valence electrons. The van der Waals surface area contributed by atoms with E-state index in [1.807, 2.05) is 0 Å². The molecule has 2 radical (unpaired) electrons. The molecule has 0 amide bonds. The first-order valence-electron chi connectivity index (χ1n) is 7.42. The number of nitrogen functional groups attached to an aromatic ring is 1. The SMILES string of the molecule is [B][P@](=O)(OC[C@H]1O[C@@H](n2cnc3c(=O)[nH]c(N)nc32)[C@H](O)[C@@H]1O)OP(=O)(O)O. The standard InChI is InChI=1S/C10H14BN5O10P2/c11-27(20,26-28(21,22)23)24-1-3-5(17)6(18)9(25-3)16-2-13-4-7(16)14-10(12)15-8(4)19/h2-3,5-6,9,17-18H,1H2,(H2,21,22,23)(H3,12,14,15,19)/t3-,5-,6-,9-,27+/m1/s1. The number of H-pyrrole nitrogens is 1. The van der Waals surface area contributed by atoms with E-state index < -0.39 is 52.0 Å². The molecular formula is C10H14BN5O10P2. The third-order valence-electron chi connectivity index (χ3n) is 3.70. The second kappa shape index (κ2) is 7.33. The molecule has 7 N–H and O–H groups in total. The Balaban J connectivity index is 1.79. The lowest BCUT2D eigenvalue weighted by atomic mass is 10.1. The Labute approximate surface area is 156 Å². The predicted molar refractivity (Wildman–Crippen MR) is 90.9 cm³/mol. The second-order valence-electron chi connectivity index (χ2n) is 5.73. The van der Waals surface area contributed by atoms with Gasteiger partial charge in [-0.2, -0.15) is 4.98 Å². The summed E-state index contributed by atoms with van der Waals surface area (Å²) in [6.07, 6.45) is -4.64. The Morgan fingerprint density at radius 3 is 2.68 bits per heavy atom. The molecule has 0 bridgehead atoms. The number of aromatic nitrogens is 4. The average molecular weight is 437 g/mol. The Hall–Kier alpha value is -1.61. The van der Waals surface area contributed by atoms with Crippen molar-refractivity contribution < 1.29 is 42.7 Å². The van der Waals surface area contributed by atoms with Gasteiger partial charge in [-0.1, -0.05) is 0 Å². The first-order valence-corrected chi connectivity index (χ1v) is 10.6. The van der Waals surface area contributed by atoms with Gasteiger partial charge in [0.15, 0.2) is 17.4 Å². The number of nitrogens with two attached hydrogens (primary N) is 1. The fraction of sp³-hybridized carbons (Fsp3) is 0.500. The van der Waals surface area contributed by atoms with Crippen LogP contribution in [0.3, 0.4) is 0 Å². The minimum absolute atomic E-state index is 0.0339. The summed E-state index contributed by atoms with van der Waals surface area (Å²) in [6, 6.07) is 0. The molecule has 1 aliphatic rings. The minimum Gasteiger partial charge on any atom is -0.387 e. The molecule has 3 heterocycles. The number of nitrogens with one attached hydrogen (secondary N) is 1. The van der Waals surface area contributed by atoms with Crippen LogP contribution in [0.25, 0.3) is 11.2 Å². The van der Waals surface area contributed by atoms with Gasteiger partial charge >= 0.3 is 7.82 Å². The van der Waals surface area contributed by atoms with Gasteiger partial charge in [0.1, 0.15) is 18.3 Å². The van der Waals surface area contributed by atoms with Crippen molar-refractivity contribution in [3.8, 4) is 0 Å². The number of fused-ring (bicyclic) bond motifs is 1. The van der Waals surface area contributed by atoms with Crippen LogP contribution in [0.1, 0.15) is 6.23 Å². The van der Waals surface area contributed by atoms with E-state index in [0.717, 1.165) is 10.9 Å². The number of phosphoric acid groups is 1. The molecule has 2 aromatic heterocycles. The molecule has 1 saturated heterocycles. The smallest absolute Gasteiger partial charge is 0.387 e. The number of aliphatic hydroxyl groups excluding tert-OH is 2. The average Bonchev–Trinajstić information content (AvgIpc) is 3.06. The fourth-order valence-corrected chi connectivity index (χ4v) is 4.30. The molecule has 1 aliphatic heterocycles. The van der Waals surface area contributed by atoms with Crippen LogP contribution in [0, 0.1) is 0 Å². The molecule has 0 spiro atoms. The quantitative estimate of drug-likeness (QED) is 0.207. The molecule has 0 aliphatic carbocycles. The van der Waals surface area contributed by atoms with E-state index in [0.29, 0.717) is 0 Å². The molecular weight excluding hydrogens is 423 g/mol. The Morgan fingerprint density at radius 2 is 2.04 bits per heavy atom. The number of imidazole rings is 1. The summed E-state index contributed by atoms with van der Waals surface area (Å²) in [5.41, 5.74) is 4.72. The van der Waals surface area contributed by atoms with Crippen LogP contribution in [0.5, 0.6) is 0 Å². The van der Waals surface area contributed by atoms with Crippen LogP contribution >= 0.6 is 15.3 Å². The second-order valence-corrected chi connectivity index (χ2v) is 8.70. The van der Waals surface area contributed by atoms with Crippen LogP contribution in [0.2, 0.25) is 0 Å². The zero-order valence-corrected chi connectivity index (χ0v) is 15.5. The van der Waals surface area contributed by atoms with Crippen LogP contribution in [0.4, 0.5) is 5.95 Å². The third kappa shape index (κ3) is 4.35. The highest BCUT2D eigenvalue weighted by atomic mass is 31.3. The minimum atomic E-state index is -5.20. The van der Waals surface area contributed by atoms with E-state index >= 15 is 0 Å². The van der Waals surface area contributed by atoms with E-state index in [1.165, 1.54) is 0 Å². The normalized spacial score (nSPS) is 27.9. The summed E-state index contributed by atoms with van der Waals surface area (Å²) in [7, 11) is -4.83. The zero-order valence-electron chi connectivity index (χ0n) is 13.7. The van der Waals surface area contributed by atoms with E-state index in [4.69, 9.17) is 27.8 Å².